The average Bonchev–Trinajstić information content (AvgIpc) is 2.96. The van der Waals surface area contributed by atoms with Crippen LogP contribution in [0.25, 0.3) is 10.1 Å². The lowest BCUT2D eigenvalue weighted by Gasteiger charge is -2.02. The molecule has 0 fully saturated rings. The molecule has 4 heteroatoms. The van der Waals surface area contributed by atoms with Crippen molar-refractivity contribution in [1.29, 1.82) is 0 Å². The predicted octanol–water partition coefficient (Wildman–Crippen LogP) is 3.97. The van der Waals surface area contributed by atoms with Crippen LogP contribution in [0.5, 0.6) is 0 Å². The monoisotopic (exact) mass is 246 g/mol. The van der Waals surface area contributed by atoms with Crippen LogP contribution in [-0.4, -0.2) is 4.98 Å². The summed E-state index contributed by atoms with van der Waals surface area (Å²) in [5.74, 6) is 0. The largest absolute Gasteiger partial charge is 0.378 e. The van der Waals surface area contributed by atoms with Gasteiger partial charge in [-0.05, 0) is 6.07 Å². The molecule has 3 aromatic rings. The van der Waals surface area contributed by atoms with Gasteiger partial charge in [0.2, 0.25) is 0 Å². The Morgan fingerprint density at radius 3 is 3.00 bits per heavy atom. The molecule has 3 rings (SSSR count). The minimum absolute atomic E-state index is 0.796. The maximum absolute atomic E-state index is 4.26. The first-order valence-corrected chi connectivity index (χ1v) is 6.83. The highest BCUT2D eigenvalue weighted by atomic mass is 32.1. The smallest absolute Gasteiger partial charge is 0.0795 e. The van der Waals surface area contributed by atoms with Crippen molar-refractivity contribution in [1.82, 2.24) is 4.98 Å². The van der Waals surface area contributed by atoms with E-state index in [1.807, 2.05) is 5.51 Å². The highest BCUT2D eigenvalue weighted by Crippen LogP contribution is 2.29. The Balaban J connectivity index is 1.84. The second-order valence-electron chi connectivity index (χ2n) is 3.48. The zero-order valence-electron chi connectivity index (χ0n) is 8.51. The van der Waals surface area contributed by atoms with Crippen LogP contribution in [0.4, 0.5) is 5.69 Å². The summed E-state index contributed by atoms with van der Waals surface area (Å²) in [6.07, 6.45) is 0. The maximum atomic E-state index is 4.26. The Hall–Kier alpha value is -1.39. The molecule has 0 saturated carbocycles. The van der Waals surface area contributed by atoms with E-state index < -0.39 is 0 Å². The summed E-state index contributed by atoms with van der Waals surface area (Å²) in [6.45, 7) is 0.796. The van der Waals surface area contributed by atoms with E-state index in [1.54, 1.807) is 22.7 Å². The number of rotatable bonds is 3. The molecule has 16 heavy (non-hydrogen) atoms. The summed E-state index contributed by atoms with van der Waals surface area (Å²) in [7, 11) is 0. The van der Waals surface area contributed by atoms with Crippen LogP contribution in [0.15, 0.2) is 40.5 Å². The van der Waals surface area contributed by atoms with E-state index in [0.717, 1.165) is 12.2 Å². The van der Waals surface area contributed by atoms with E-state index in [-0.39, 0.29) is 0 Å². The summed E-state index contributed by atoms with van der Waals surface area (Å²) < 4.78 is 1.32. The molecule has 0 amide bonds. The average molecular weight is 246 g/mol. The van der Waals surface area contributed by atoms with Crippen molar-refractivity contribution in [2.24, 2.45) is 0 Å². The Morgan fingerprint density at radius 1 is 1.19 bits per heavy atom. The summed E-state index contributed by atoms with van der Waals surface area (Å²) in [5, 5.41) is 8.95. The van der Waals surface area contributed by atoms with Crippen molar-refractivity contribution in [3.05, 3.63) is 46.2 Å². The van der Waals surface area contributed by atoms with Crippen LogP contribution < -0.4 is 5.32 Å². The van der Waals surface area contributed by atoms with Crippen molar-refractivity contribution in [3.8, 4) is 0 Å². The molecule has 2 nitrogen and oxygen atoms in total. The van der Waals surface area contributed by atoms with Gasteiger partial charge in [-0.15, -0.1) is 22.7 Å². The minimum atomic E-state index is 0.796. The zero-order chi connectivity index (χ0) is 10.8. The van der Waals surface area contributed by atoms with Crippen molar-refractivity contribution in [3.63, 3.8) is 0 Å². The molecule has 0 aliphatic heterocycles. The number of thiazole rings is 1. The molecule has 80 valence electrons. The van der Waals surface area contributed by atoms with Crippen LogP contribution in [0.2, 0.25) is 0 Å². The maximum Gasteiger partial charge on any atom is 0.0795 e. The van der Waals surface area contributed by atoms with Crippen LogP contribution in [-0.2, 0) is 6.54 Å². The summed E-state index contributed by atoms with van der Waals surface area (Å²) in [6, 6.07) is 8.44. The van der Waals surface area contributed by atoms with E-state index in [2.05, 4.69) is 45.3 Å². The lowest BCUT2D eigenvalue weighted by molar-refractivity contribution is 1.08. The Kier molecular flexibility index (Phi) is 2.60. The van der Waals surface area contributed by atoms with Gasteiger partial charge in [-0.3, -0.25) is 0 Å². The molecule has 0 bridgehead atoms. The van der Waals surface area contributed by atoms with Gasteiger partial charge in [-0.25, -0.2) is 4.98 Å². The molecule has 1 aromatic carbocycles. The highest BCUT2D eigenvalue weighted by molar-refractivity contribution is 7.17. The van der Waals surface area contributed by atoms with Gasteiger partial charge in [-0.1, -0.05) is 18.2 Å². The fourth-order valence-corrected chi connectivity index (χ4v) is 3.10. The van der Waals surface area contributed by atoms with Crippen molar-refractivity contribution in [2.45, 2.75) is 6.54 Å². The van der Waals surface area contributed by atoms with Crippen molar-refractivity contribution in [2.75, 3.05) is 5.32 Å². The SMILES string of the molecule is c1ccc2c(NCc3cscn3)csc2c1. The lowest BCUT2D eigenvalue weighted by Crippen LogP contribution is -1.98. The molecule has 0 spiro atoms. The summed E-state index contributed by atoms with van der Waals surface area (Å²) >= 11 is 3.40. The third-order valence-electron chi connectivity index (χ3n) is 2.42. The number of thiophene rings is 1. The van der Waals surface area contributed by atoms with Gasteiger partial charge >= 0.3 is 0 Å². The third-order valence-corrected chi connectivity index (χ3v) is 4.02. The second-order valence-corrected chi connectivity index (χ2v) is 5.11. The van der Waals surface area contributed by atoms with Crippen LogP contribution in [0, 0.1) is 0 Å². The molecule has 0 aliphatic carbocycles. The second kappa shape index (κ2) is 4.23. The van der Waals surface area contributed by atoms with E-state index in [1.165, 1.54) is 15.8 Å². The minimum Gasteiger partial charge on any atom is -0.378 e. The highest BCUT2D eigenvalue weighted by Gasteiger charge is 2.02. The molecule has 2 heterocycles. The normalized spacial score (nSPS) is 10.8. The van der Waals surface area contributed by atoms with Crippen LogP contribution in [0.3, 0.4) is 0 Å². The topological polar surface area (TPSA) is 24.9 Å². The lowest BCUT2D eigenvalue weighted by atomic mass is 10.2. The fraction of sp³-hybridized carbons (Fsp3) is 0.0833. The van der Waals surface area contributed by atoms with Gasteiger partial charge in [-0.2, -0.15) is 0 Å². The van der Waals surface area contributed by atoms with E-state index in [4.69, 9.17) is 0 Å². The molecule has 0 saturated heterocycles. The van der Waals surface area contributed by atoms with E-state index in [9.17, 15) is 0 Å². The van der Waals surface area contributed by atoms with E-state index >= 15 is 0 Å². The molecule has 0 atom stereocenters. The predicted molar refractivity (Wildman–Crippen MR) is 71.3 cm³/mol. The first kappa shape index (κ1) is 9.81. The number of benzene rings is 1. The van der Waals surface area contributed by atoms with Crippen molar-refractivity contribution >= 4 is 38.4 Å². The van der Waals surface area contributed by atoms with E-state index in [0.29, 0.717) is 0 Å². The number of anilines is 1. The van der Waals surface area contributed by atoms with Crippen LogP contribution in [0.1, 0.15) is 5.69 Å². The number of hydrogen-bond donors (Lipinski definition) is 1. The Morgan fingerprint density at radius 2 is 2.12 bits per heavy atom. The first-order valence-electron chi connectivity index (χ1n) is 5.00. The van der Waals surface area contributed by atoms with Gasteiger partial charge in [0.25, 0.3) is 0 Å². The quantitative estimate of drug-likeness (QED) is 0.756. The number of fused-ring (bicyclic) bond motifs is 1. The molecule has 0 aliphatic rings. The summed E-state index contributed by atoms with van der Waals surface area (Å²) in [4.78, 5) is 4.26. The molecule has 0 radical (unpaired) electrons. The van der Waals surface area contributed by atoms with Gasteiger partial charge in [0, 0.05) is 20.8 Å². The third kappa shape index (κ3) is 1.81. The Labute approximate surface area is 102 Å². The van der Waals surface area contributed by atoms with Gasteiger partial charge in [0.15, 0.2) is 0 Å². The fourth-order valence-electron chi connectivity index (χ4n) is 1.63. The van der Waals surface area contributed by atoms with Gasteiger partial charge in [0.05, 0.1) is 23.4 Å². The number of aromatic nitrogens is 1. The van der Waals surface area contributed by atoms with Gasteiger partial charge < -0.3 is 5.32 Å². The summed E-state index contributed by atoms with van der Waals surface area (Å²) in [5.41, 5.74) is 4.16. The zero-order valence-corrected chi connectivity index (χ0v) is 10.1. The van der Waals surface area contributed by atoms with Crippen LogP contribution >= 0.6 is 22.7 Å². The molecule has 0 unspecified atom stereocenters. The van der Waals surface area contributed by atoms with Crippen molar-refractivity contribution < 1.29 is 0 Å². The first-order chi connectivity index (χ1) is 7.93. The number of nitrogens with one attached hydrogen (secondary N) is 1. The molecular formula is C12H10N2S2. The number of nitrogens with zero attached hydrogens (tertiary/aromatic N) is 1. The van der Waals surface area contributed by atoms with Gasteiger partial charge in [0.1, 0.15) is 0 Å². The number of hydrogen-bond acceptors (Lipinski definition) is 4. The Bertz CT molecular complexity index is 584. The standard InChI is InChI=1S/C12H10N2S2/c1-2-4-12-10(3-1)11(7-16-12)13-5-9-6-15-8-14-9/h1-4,6-8,13H,5H2. The molecule has 1 N–H and O–H groups in total. The molecule has 2 aromatic heterocycles. The molecular weight excluding hydrogens is 236 g/mol.